The van der Waals surface area contributed by atoms with E-state index in [1.165, 1.54) is 0 Å². The van der Waals surface area contributed by atoms with Crippen LogP contribution in [0.2, 0.25) is 0 Å². The molecule has 2 aromatic heterocycles. The number of para-hydroxylation sites is 1. The Bertz CT molecular complexity index is 837. The molecule has 0 radical (unpaired) electrons. The summed E-state index contributed by atoms with van der Waals surface area (Å²) in [6, 6.07) is 8.04. The normalized spacial score (nSPS) is 14.5. The number of ether oxygens (including phenoxy) is 1. The fourth-order valence-corrected chi connectivity index (χ4v) is 2.57. The first-order valence-electron chi connectivity index (χ1n) is 7.53. The van der Waals surface area contributed by atoms with E-state index in [9.17, 15) is 0 Å². The Morgan fingerprint density at radius 2 is 2.09 bits per heavy atom. The van der Waals surface area contributed by atoms with Crippen LogP contribution in [-0.2, 0) is 6.61 Å². The van der Waals surface area contributed by atoms with Gasteiger partial charge in [0, 0.05) is 23.1 Å². The van der Waals surface area contributed by atoms with Crippen molar-refractivity contribution in [3.8, 4) is 5.75 Å². The van der Waals surface area contributed by atoms with Gasteiger partial charge in [-0.3, -0.25) is 4.98 Å². The van der Waals surface area contributed by atoms with E-state index < -0.39 is 0 Å². The highest BCUT2D eigenvalue weighted by atomic mass is 16.5. The largest absolute Gasteiger partial charge is 0.485 e. The van der Waals surface area contributed by atoms with Crippen molar-refractivity contribution in [1.29, 1.82) is 0 Å². The number of hydrogen-bond acceptors (Lipinski definition) is 5. The van der Waals surface area contributed by atoms with E-state index in [0.29, 0.717) is 18.3 Å². The van der Waals surface area contributed by atoms with Gasteiger partial charge in [-0.15, -0.1) is 0 Å². The van der Waals surface area contributed by atoms with Crippen molar-refractivity contribution < 1.29 is 9.26 Å². The second kappa shape index (κ2) is 5.09. The van der Waals surface area contributed by atoms with E-state index in [1.54, 1.807) is 0 Å². The summed E-state index contributed by atoms with van der Waals surface area (Å²) in [5.41, 5.74) is 3.05. The van der Waals surface area contributed by atoms with Gasteiger partial charge in [-0.05, 0) is 38.3 Å². The van der Waals surface area contributed by atoms with Crippen molar-refractivity contribution in [3.63, 3.8) is 0 Å². The van der Waals surface area contributed by atoms with Crippen LogP contribution in [0.5, 0.6) is 5.75 Å². The zero-order valence-electron chi connectivity index (χ0n) is 12.7. The Morgan fingerprint density at radius 1 is 1.23 bits per heavy atom. The molecule has 2 heterocycles. The molecule has 112 valence electrons. The van der Waals surface area contributed by atoms with Crippen molar-refractivity contribution >= 4 is 10.9 Å². The lowest BCUT2D eigenvalue weighted by molar-refractivity contribution is 0.288. The monoisotopic (exact) mass is 295 g/mol. The molecule has 1 aliphatic carbocycles. The smallest absolute Gasteiger partial charge is 0.229 e. The van der Waals surface area contributed by atoms with Crippen molar-refractivity contribution in [1.82, 2.24) is 15.1 Å². The van der Waals surface area contributed by atoms with Gasteiger partial charge in [-0.2, -0.15) is 4.98 Å². The molecular weight excluding hydrogens is 278 g/mol. The maximum absolute atomic E-state index is 5.93. The van der Waals surface area contributed by atoms with Crippen LogP contribution in [0.3, 0.4) is 0 Å². The SMILES string of the molecule is Cc1cc(OCc2noc(C3CC3)n2)c2cccc(C)c2n1. The average Bonchev–Trinajstić information content (AvgIpc) is 3.25. The van der Waals surface area contributed by atoms with E-state index >= 15 is 0 Å². The molecule has 0 amide bonds. The molecule has 5 heteroatoms. The molecular formula is C17H17N3O2. The number of fused-ring (bicyclic) bond motifs is 1. The standard InChI is InChI=1S/C17H17N3O2/c1-10-4-3-5-13-14(8-11(2)18-16(10)13)21-9-15-19-17(22-20-15)12-6-7-12/h3-5,8,12H,6-7,9H2,1-2H3. The van der Waals surface area contributed by atoms with Crippen LogP contribution < -0.4 is 4.74 Å². The number of hydrogen-bond donors (Lipinski definition) is 0. The van der Waals surface area contributed by atoms with Crippen molar-refractivity contribution in [3.05, 3.63) is 47.2 Å². The van der Waals surface area contributed by atoms with Gasteiger partial charge in [0.15, 0.2) is 6.61 Å². The molecule has 1 aliphatic rings. The van der Waals surface area contributed by atoms with E-state index in [2.05, 4.69) is 28.1 Å². The lowest BCUT2D eigenvalue weighted by Gasteiger charge is -2.10. The third-order valence-electron chi connectivity index (χ3n) is 3.90. The fraction of sp³-hybridized carbons (Fsp3) is 0.353. The summed E-state index contributed by atoms with van der Waals surface area (Å²) in [6.07, 6.45) is 2.30. The van der Waals surface area contributed by atoms with Crippen LogP contribution in [-0.4, -0.2) is 15.1 Å². The van der Waals surface area contributed by atoms with Gasteiger partial charge in [-0.1, -0.05) is 17.3 Å². The van der Waals surface area contributed by atoms with Crippen molar-refractivity contribution in [2.45, 2.75) is 39.2 Å². The highest BCUT2D eigenvalue weighted by Gasteiger charge is 2.29. The summed E-state index contributed by atoms with van der Waals surface area (Å²) in [6.45, 7) is 4.33. The summed E-state index contributed by atoms with van der Waals surface area (Å²) in [4.78, 5) is 8.99. The van der Waals surface area contributed by atoms with Crippen LogP contribution in [0.4, 0.5) is 0 Å². The Balaban J connectivity index is 1.61. The van der Waals surface area contributed by atoms with Crippen LogP contribution in [0, 0.1) is 13.8 Å². The molecule has 0 aliphatic heterocycles. The fourth-order valence-electron chi connectivity index (χ4n) is 2.57. The second-order valence-electron chi connectivity index (χ2n) is 5.84. The molecule has 0 atom stereocenters. The van der Waals surface area contributed by atoms with E-state index in [4.69, 9.17) is 9.26 Å². The summed E-state index contributed by atoms with van der Waals surface area (Å²) in [5.74, 6) is 2.61. The summed E-state index contributed by atoms with van der Waals surface area (Å²) >= 11 is 0. The molecule has 0 N–H and O–H groups in total. The third-order valence-corrected chi connectivity index (χ3v) is 3.90. The lowest BCUT2D eigenvalue weighted by Crippen LogP contribution is -2.00. The third kappa shape index (κ3) is 2.43. The molecule has 1 fully saturated rings. The molecule has 0 spiro atoms. The number of aryl methyl sites for hydroxylation is 2. The van der Waals surface area contributed by atoms with Gasteiger partial charge in [0.25, 0.3) is 0 Å². The first-order valence-corrected chi connectivity index (χ1v) is 7.53. The highest BCUT2D eigenvalue weighted by molar-refractivity contribution is 5.87. The Kier molecular flexibility index (Phi) is 3.06. The van der Waals surface area contributed by atoms with Gasteiger partial charge < -0.3 is 9.26 Å². The van der Waals surface area contributed by atoms with Crippen LogP contribution in [0.1, 0.15) is 41.7 Å². The Morgan fingerprint density at radius 3 is 2.91 bits per heavy atom. The minimum Gasteiger partial charge on any atom is -0.485 e. The van der Waals surface area contributed by atoms with Gasteiger partial charge in [-0.25, -0.2) is 0 Å². The molecule has 4 rings (SSSR count). The molecule has 0 saturated heterocycles. The first kappa shape index (κ1) is 13.2. The Labute approximate surface area is 128 Å². The molecule has 1 aromatic carbocycles. The van der Waals surface area contributed by atoms with Crippen LogP contribution in [0.25, 0.3) is 10.9 Å². The van der Waals surface area contributed by atoms with Crippen molar-refractivity contribution in [2.24, 2.45) is 0 Å². The number of benzene rings is 1. The maximum Gasteiger partial charge on any atom is 0.229 e. The van der Waals surface area contributed by atoms with Crippen LogP contribution in [0.15, 0.2) is 28.8 Å². The van der Waals surface area contributed by atoms with Gasteiger partial charge in [0.1, 0.15) is 5.75 Å². The second-order valence-corrected chi connectivity index (χ2v) is 5.84. The van der Waals surface area contributed by atoms with E-state index in [0.717, 1.165) is 46.6 Å². The molecule has 1 saturated carbocycles. The first-order chi connectivity index (χ1) is 10.7. The van der Waals surface area contributed by atoms with Crippen molar-refractivity contribution in [2.75, 3.05) is 0 Å². The van der Waals surface area contributed by atoms with E-state index in [1.807, 2.05) is 25.1 Å². The number of nitrogens with zero attached hydrogens (tertiary/aromatic N) is 3. The molecule has 3 aromatic rings. The van der Waals surface area contributed by atoms with Crippen LogP contribution >= 0.6 is 0 Å². The average molecular weight is 295 g/mol. The van der Waals surface area contributed by atoms with Gasteiger partial charge in [0.05, 0.1) is 5.52 Å². The summed E-state index contributed by atoms with van der Waals surface area (Å²) < 4.78 is 11.2. The predicted molar refractivity (Wildman–Crippen MR) is 81.8 cm³/mol. The quantitative estimate of drug-likeness (QED) is 0.734. The summed E-state index contributed by atoms with van der Waals surface area (Å²) in [7, 11) is 0. The summed E-state index contributed by atoms with van der Waals surface area (Å²) in [5, 5.41) is 5.00. The topological polar surface area (TPSA) is 61.0 Å². The number of aromatic nitrogens is 3. The molecule has 0 unspecified atom stereocenters. The maximum atomic E-state index is 5.93. The van der Waals surface area contributed by atoms with Gasteiger partial charge >= 0.3 is 0 Å². The highest BCUT2D eigenvalue weighted by Crippen LogP contribution is 2.38. The minimum absolute atomic E-state index is 0.308. The zero-order valence-corrected chi connectivity index (χ0v) is 12.7. The molecule has 5 nitrogen and oxygen atoms in total. The molecule has 0 bridgehead atoms. The zero-order chi connectivity index (χ0) is 15.1. The predicted octanol–water partition coefficient (Wildman–Crippen LogP) is 3.69. The lowest BCUT2D eigenvalue weighted by atomic mass is 10.1. The number of pyridine rings is 1. The van der Waals surface area contributed by atoms with Gasteiger partial charge in [0.2, 0.25) is 11.7 Å². The van der Waals surface area contributed by atoms with E-state index in [-0.39, 0.29) is 0 Å². The Hall–Kier alpha value is -2.43. The molecule has 22 heavy (non-hydrogen) atoms. The minimum atomic E-state index is 0.308. The number of rotatable bonds is 4.